The second-order valence-corrected chi connectivity index (χ2v) is 8.63. The summed E-state index contributed by atoms with van der Waals surface area (Å²) in [5.74, 6) is 0. The molecule has 6 heteroatoms. The second-order valence-electron chi connectivity index (χ2n) is 6.98. The van der Waals surface area contributed by atoms with Gasteiger partial charge in [-0.15, -0.1) is 0 Å². The van der Waals surface area contributed by atoms with E-state index in [-0.39, 0.29) is 12.1 Å². The Kier molecular flexibility index (Phi) is 6.42. The molecule has 2 atom stereocenters. The number of nitrogens with one attached hydrogen (secondary N) is 2. The molecule has 0 aromatic heterocycles. The van der Waals surface area contributed by atoms with Crippen LogP contribution in [0.4, 0.5) is 10.5 Å². The molecule has 1 aliphatic carbocycles. The van der Waals surface area contributed by atoms with Crippen molar-refractivity contribution in [2.75, 3.05) is 5.32 Å². The number of benzene rings is 1. The standard InChI is InChI=1S/C17H24ClIN2O2/c1-17(2,3)23-16(22)21-13-6-4-5-12(10-13)20-15-8-7-11(19)9-14(15)18/h7-9,12-13,20H,4-6,10H2,1-3H3,(H,21,22). The minimum Gasteiger partial charge on any atom is -0.444 e. The number of hydrogen-bond donors (Lipinski definition) is 2. The van der Waals surface area contributed by atoms with E-state index in [9.17, 15) is 4.79 Å². The second kappa shape index (κ2) is 7.92. The minimum atomic E-state index is -0.467. The van der Waals surface area contributed by atoms with Crippen LogP contribution in [-0.2, 0) is 4.74 Å². The Labute approximate surface area is 156 Å². The topological polar surface area (TPSA) is 50.4 Å². The van der Waals surface area contributed by atoms with E-state index in [1.807, 2.05) is 39.0 Å². The SMILES string of the molecule is CC(C)(C)OC(=O)NC1CCCC(Nc2ccc(I)cc2Cl)C1. The van der Waals surface area contributed by atoms with E-state index >= 15 is 0 Å². The molecule has 23 heavy (non-hydrogen) atoms. The van der Waals surface area contributed by atoms with Crippen molar-refractivity contribution in [3.63, 3.8) is 0 Å². The van der Waals surface area contributed by atoms with Gasteiger partial charge >= 0.3 is 6.09 Å². The van der Waals surface area contributed by atoms with Crippen LogP contribution in [0.25, 0.3) is 0 Å². The highest BCUT2D eigenvalue weighted by Gasteiger charge is 2.25. The number of ether oxygens (including phenoxy) is 1. The van der Waals surface area contributed by atoms with Gasteiger partial charge in [0, 0.05) is 15.7 Å². The van der Waals surface area contributed by atoms with Gasteiger partial charge in [0.05, 0.1) is 10.7 Å². The molecule has 0 saturated heterocycles. The van der Waals surface area contributed by atoms with Crippen molar-refractivity contribution >= 4 is 46.0 Å². The van der Waals surface area contributed by atoms with Gasteiger partial charge < -0.3 is 15.4 Å². The number of amides is 1. The highest BCUT2D eigenvalue weighted by atomic mass is 127. The zero-order chi connectivity index (χ0) is 17.0. The Morgan fingerprint density at radius 1 is 1.30 bits per heavy atom. The third-order valence-electron chi connectivity index (χ3n) is 3.69. The van der Waals surface area contributed by atoms with E-state index < -0.39 is 5.60 Å². The Bertz CT molecular complexity index is 560. The van der Waals surface area contributed by atoms with Crippen molar-refractivity contribution in [2.45, 2.75) is 64.1 Å². The maximum atomic E-state index is 11.9. The molecule has 0 heterocycles. The van der Waals surface area contributed by atoms with Crippen LogP contribution in [0.1, 0.15) is 46.5 Å². The Balaban J connectivity index is 1.89. The van der Waals surface area contributed by atoms with E-state index in [0.717, 1.165) is 40.0 Å². The summed E-state index contributed by atoms with van der Waals surface area (Å²) in [4.78, 5) is 11.9. The molecule has 1 saturated carbocycles. The summed E-state index contributed by atoms with van der Waals surface area (Å²) in [6.45, 7) is 5.61. The molecule has 1 aromatic carbocycles. The molecule has 0 aliphatic heterocycles. The average molecular weight is 451 g/mol. The maximum Gasteiger partial charge on any atom is 0.407 e. The number of halogens is 2. The van der Waals surface area contributed by atoms with E-state index in [1.165, 1.54) is 0 Å². The molecular formula is C17H24ClIN2O2. The van der Waals surface area contributed by atoms with E-state index in [2.05, 4.69) is 33.2 Å². The molecule has 1 aromatic rings. The molecular weight excluding hydrogens is 427 g/mol. The van der Waals surface area contributed by atoms with Gasteiger partial charge in [0.1, 0.15) is 5.60 Å². The monoisotopic (exact) mass is 450 g/mol. The minimum absolute atomic E-state index is 0.138. The van der Waals surface area contributed by atoms with Crippen LogP contribution in [0.2, 0.25) is 5.02 Å². The first-order chi connectivity index (χ1) is 10.7. The summed E-state index contributed by atoms with van der Waals surface area (Å²) in [6.07, 6.45) is 3.67. The van der Waals surface area contributed by atoms with E-state index in [1.54, 1.807) is 0 Å². The Morgan fingerprint density at radius 3 is 2.65 bits per heavy atom. The first kappa shape index (κ1) is 18.6. The van der Waals surface area contributed by atoms with Crippen molar-refractivity contribution in [3.8, 4) is 0 Å². The van der Waals surface area contributed by atoms with Crippen LogP contribution in [0.15, 0.2) is 18.2 Å². The largest absolute Gasteiger partial charge is 0.444 e. The fourth-order valence-electron chi connectivity index (χ4n) is 2.75. The average Bonchev–Trinajstić information content (AvgIpc) is 2.40. The van der Waals surface area contributed by atoms with Crippen molar-refractivity contribution in [2.24, 2.45) is 0 Å². The molecule has 128 valence electrons. The quantitative estimate of drug-likeness (QED) is 0.623. The Morgan fingerprint density at radius 2 is 2.00 bits per heavy atom. The van der Waals surface area contributed by atoms with Crippen LogP contribution in [0.3, 0.4) is 0 Å². The number of carbonyl (C=O) groups is 1. The predicted molar refractivity (Wildman–Crippen MR) is 103 cm³/mol. The zero-order valence-corrected chi connectivity index (χ0v) is 16.7. The molecule has 2 unspecified atom stereocenters. The lowest BCUT2D eigenvalue weighted by molar-refractivity contribution is 0.0492. The van der Waals surface area contributed by atoms with Crippen LogP contribution in [-0.4, -0.2) is 23.8 Å². The molecule has 2 N–H and O–H groups in total. The number of alkyl carbamates (subject to hydrolysis) is 1. The summed E-state index contributed by atoms with van der Waals surface area (Å²) in [5.41, 5.74) is 0.487. The van der Waals surface area contributed by atoms with Crippen LogP contribution in [0.5, 0.6) is 0 Å². The van der Waals surface area contributed by atoms with Crippen molar-refractivity contribution < 1.29 is 9.53 Å². The lowest BCUT2D eigenvalue weighted by atomic mass is 9.91. The molecule has 0 radical (unpaired) electrons. The van der Waals surface area contributed by atoms with Gasteiger partial charge in [-0.05, 0) is 87.2 Å². The van der Waals surface area contributed by atoms with Gasteiger partial charge in [0.25, 0.3) is 0 Å². The first-order valence-electron chi connectivity index (χ1n) is 7.94. The van der Waals surface area contributed by atoms with Gasteiger partial charge in [-0.1, -0.05) is 11.6 Å². The van der Waals surface area contributed by atoms with Crippen LogP contribution in [0, 0.1) is 3.57 Å². The van der Waals surface area contributed by atoms with Gasteiger partial charge in [-0.3, -0.25) is 0 Å². The van der Waals surface area contributed by atoms with Gasteiger partial charge in [0.15, 0.2) is 0 Å². The molecule has 1 aliphatic rings. The number of anilines is 1. The lowest BCUT2D eigenvalue weighted by Gasteiger charge is -2.31. The highest BCUT2D eigenvalue weighted by molar-refractivity contribution is 14.1. The summed E-state index contributed by atoms with van der Waals surface area (Å²) < 4.78 is 6.45. The third-order valence-corrected chi connectivity index (χ3v) is 4.67. The van der Waals surface area contributed by atoms with Gasteiger partial charge in [-0.2, -0.15) is 0 Å². The fourth-order valence-corrected chi connectivity index (χ4v) is 3.66. The van der Waals surface area contributed by atoms with Crippen LogP contribution >= 0.6 is 34.2 Å². The van der Waals surface area contributed by atoms with Crippen molar-refractivity contribution in [1.82, 2.24) is 5.32 Å². The number of hydrogen-bond acceptors (Lipinski definition) is 3. The molecule has 0 spiro atoms. The third kappa shape index (κ3) is 6.37. The molecule has 2 rings (SSSR count). The molecule has 0 bridgehead atoms. The summed E-state index contributed by atoms with van der Waals surface area (Å²) >= 11 is 8.53. The summed E-state index contributed by atoms with van der Waals surface area (Å²) in [7, 11) is 0. The highest BCUT2D eigenvalue weighted by Crippen LogP contribution is 2.28. The van der Waals surface area contributed by atoms with E-state index in [0.29, 0.717) is 6.04 Å². The summed E-state index contributed by atoms with van der Waals surface area (Å²) in [5, 5.41) is 7.22. The maximum absolute atomic E-state index is 11.9. The van der Waals surface area contributed by atoms with Crippen molar-refractivity contribution in [3.05, 3.63) is 26.8 Å². The fraction of sp³-hybridized carbons (Fsp3) is 0.588. The lowest BCUT2D eigenvalue weighted by Crippen LogP contribution is -2.43. The van der Waals surface area contributed by atoms with Gasteiger partial charge in [-0.25, -0.2) is 4.79 Å². The van der Waals surface area contributed by atoms with Crippen molar-refractivity contribution in [1.29, 1.82) is 0 Å². The predicted octanol–water partition coefficient (Wildman–Crippen LogP) is 5.19. The molecule has 1 amide bonds. The molecule has 4 nitrogen and oxygen atoms in total. The normalized spacial score (nSPS) is 21.6. The number of rotatable bonds is 3. The number of carbonyl (C=O) groups excluding carboxylic acids is 1. The molecule has 1 fully saturated rings. The zero-order valence-electron chi connectivity index (χ0n) is 13.8. The van der Waals surface area contributed by atoms with E-state index in [4.69, 9.17) is 16.3 Å². The first-order valence-corrected chi connectivity index (χ1v) is 9.40. The smallest absolute Gasteiger partial charge is 0.407 e. The summed E-state index contributed by atoms with van der Waals surface area (Å²) in [6, 6.07) is 6.44. The Hall–Kier alpha value is -0.690. The van der Waals surface area contributed by atoms with Crippen LogP contribution < -0.4 is 10.6 Å². The van der Waals surface area contributed by atoms with Gasteiger partial charge in [0.2, 0.25) is 0 Å².